The van der Waals surface area contributed by atoms with E-state index < -0.39 is 0 Å². The van der Waals surface area contributed by atoms with E-state index in [0.717, 1.165) is 29.3 Å². The maximum Gasteiger partial charge on any atom is 0.253 e. The van der Waals surface area contributed by atoms with E-state index in [1.807, 2.05) is 78.6 Å². The van der Waals surface area contributed by atoms with Crippen LogP contribution in [0.1, 0.15) is 28.4 Å². The molecule has 1 aromatic heterocycles. The molecule has 0 aliphatic rings. The monoisotopic (exact) mass is 404 g/mol. The van der Waals surface area contributed by atoms with E-state index in [9.17, 15) is 4.79 Å². The summed E-state index contributed by atoms with van der Waals surface area (Å²) in [7, 11) is 3.50. The van der Waals surface area contributed by atoms with Crippen LogP contribution in [0.5, 0.6) is 0 Å². The maximum absolute atomic E-state index is 12.0. The van der Waals surface area contributed by atoms with Crippen molar-refractivity contribution in [1.82, 2.24) is 25.3 Å². The van der Waals surface area contributed by atoms with Crippen LogP contribution in [0.4, 0.5) is 0 Å². The highest BCUT2D eigenvalue weighted by Crippen LogP contribution is 2.09. The Hall–Kier alpha value is -3.61. The van der Waals surface area contributed by atoms with E-state index in [0.29, 0.717) is 18.7 Å². The van der Waals surface area contributed by atoms with E-state index in [4.69, 9.17) is 0 Å². The summed E-state index contributed by atoms with van der Waals surface area (Å²) in [6.07, 6.45) is 3.82. The van der Waals surface area contributed by atoms with Crippen molar-refractivity contribution in [2.75, 3.05) is 20.6 Å². The van der Waals surface area contributed by atoms with E-state index in [-0.39, 0.29) is 5.91 Å². The molecule has 3 rings (SSSR count). The molecule has 7 nitrogen and oxygen atoms in total. The third-order valence-electron chi connectivity index (χ3n) is 4.49. The molecule has 2 aromatic carbocycles. The lowest BCUT2D eigenvalue weighted by Crippen LogP contribution is -2.36. The fraction of sp³-hybridized carbons (Fsp3) is 0.261. The molecule has 156 valence electrons. The van der Waals surface area contributed by atoms with Gasteiger partial charge in [-0.05, 0) is 36.8 Å². The highest BCUT2D eigenvalue weighted by atomic mass is 16.2. The second kappa shape index (κ2) is 10.2. The van der Waals surface area contributed by atoms with Crippen molar-refractivity contribution in [3.05, 3.63) is 83.7 Å². The Bertz CT molecular complexity index is 976. The normalized spacial score (nSPS) is 11.2. The van der Waals surface area contributed by atoms with E-state index >= 15 is 0 Å². The number of para-hydroxylation sites is 1. The van der Waals surface area contributed by atoms with Crippen molar-refractivity contribution in [1.29, 1.82) is 0 Å². The molecule has 0 radical (unpaired) electrons. The van der Waals surface area contributed by atoms with E-state index in [2.05, 4.69) is 20.7 Å². The van der Waals surface area contributed by atoms with Gasteiger partial charge in [-0.3, -0.25) is 4.79 Å². The molecule has 0 atom stereocenters. The lowest BCUT2D eigenvalue weighted by Gasteiger charge is -2.12. The van der Waals surface area contributed by atoms with Crippen LogP contribution >= 0.6 is 0 Å². The molecular weight excluding hydrogens is 376 g/mol. The number of aliphatic imine (C=N–C) groups is 1. The smallest absolute Gasteiger partial charge is 0.253 e. The average molecular weight is 405 g/mol. The quantitative estimate of drug-likeness (QED) is 0.469. The van der Waals surface area contributed by atoms with E-state index in [1.54, 1.807) is 19.0 Å². The molecule has 0 bridgehead atoms. The summed E-state index contributed by atoms with van der Waals surface area (Å²) in [4.78, 5) is 18.2. The Morgan fingerprint density at radius 3 is 2.43 bits per heavy atom. The molecule has 0 spiro atoms. The number of aromatic nitrogens is 2. The zero-order valence-corrected chi connectivity index (χ0v) is 17.7. The van der Waals surface area contributed by atoms with Gasteiger partial charge in [0.05, 0.1) is 18.4 Å². The second-order valence-corrected chi connectivity index (χ2v) is 7.07. The zero-order valence-electron chi connectivity index (χ0n) is 17.7. The third-order valence-corrected chi connectivity index (χ3v) is 4.49. The van der Waals surface area contributed by atoms with Gasteiger partial charge in [-0.1, -0.05) is 30.3 Å². The number of rotatable bonds is 7. The first-order valence-electron chi connectivity index (χ1n) is 9.98. The Labute approximate surface area is 177 Å². The predicted octanol–water partition coefficient (Wildman–Crippen LogP) is 2.83. The first kappa shape index (κ1) is 21.1. The van der Waals surface area contributed by atoms with Crippen LogP contribution in [0.2, 0.25) is 0 Å². The highest BCUT2D eigenvalue weighted by molar-refractivity contribution is 5.93. The van der Waals surface area contributed by atoms with Crippen LogP contribution in [0.25, 0.3) is 5.69 Å². The Morgan fingerprint density at radius 1 is 1.03 bits per heavy atom. The van der Waals surface area contributed by atoms with Gasteiger partial charge in [0, 0.05) is 44.5 Å². The fourth-order valence-electron chi connectivity index (χ4n) is 2.88. The molecule has 7 heteroatoms. The lowest BCUT2D eigenvalue weighted by molar-refractivity contribution is 0.0827. The van der Waals surface area contributed by atoms with Crippen molar-refractivity contribution >= 4 is 11.9 Å². The summed E-state index contributed by atoms with van der Waals surface area (Å²) in [6.45, 7) is 3.95. The Morgan fingerprint density at radius 2 is 1.77 bits per heavy atom. The number of guanidine groups is 1. The number of benzene rings is 2. The van der Waals surface area contributed by atoms with Crippen LogP contribution in [0.3, 0.4) is 0 Å². The molecule has 1 amide bonds. The molecule has 3 aromatic rings. The van der Waals surface area contributed by atoms with Crippen molar-refractivity contribution in [2.45, 2.75) is 20.0 Å². The van der Waals surface area contributed by atoms with Gasteiger partial charge in [-0.25, -0.2) is 9.67 Å². The first-order chi connectivity index (χ1) is 14.6. The summed E-state index contributed by atoms with van der Waals surface area (Å²) in [5, 5.41) is 11.0. The van der Waals surface area contributed by atoms with Gasteiger partial charge in [-0.2, -0.15) is 5.10 Å². The lowest BCUT2D eigenvalue weighted by atomic mass is 10.1. The SMILES string of the molecule is CCNC(=NCc1cnn(-c2ccccc2)c1)NCc1ccc(C(=O)N(C)C)cc1. The summed E-state index contributed by atoms with van der Waals surface area (Å²) in [5.74, 6) is 0.735. The minimum atomic E-state index is 0.000425. The van der Waals surface area contributed by atoms with Gasteiger partial charge in [-0.15, -0.1) is 0 Å². The molecule has 0 saturated carbocycles. The topological polar surface area (TPSA) is 74.5 Å². The van der Waals surface area contributed by atoms with Gasteiger partial charge in [0.1, 0.15) is 0 Å². The molecular formula is C23H28N6O. The van der Waals surface area contributed by atoms with Crippen LogP contribution in [-0.2, 0) is 13.1 Å². The number of hydrogen-bond acceptors (Lipinski definition) is 3. The summed E-state index contributed by atoms with van der Waals surface area (Å²) < 4.78 is 1.85. The minimum absolute atomic E-state index is 0.000425. The fourth-order valence-corrected chi connectivity index (χ4v) is 2.88. The molecule has 2 N–H and O–H groups in total. The third kappa shape index (κ3) is 5.70. The van der Waals surface area contributed by atoms with Crippen molar-refractivity contribution in [3.8, 4) is 5.69 Å². The second-order valence-electron chi connectivity index (χ2n) is 7.07. The van der Waals surface area contributed by atoms with Gasteiger partial charge in [0.15, 0.2) is 5.96 Å². The molecule has 0 aliphatic heterocycles. The van der Waals surface area contributed by atoms with Crippen molar-refractivity contribution in [2.24, 2.45) is 4.99 Å². The molecule has 0 unspecified atom stereocenters. The van der Waals surface area contributed by atoms with Gasteiger partial charge < -0.3 is 15.5 Å². The van der Waals surface area contributed by atoms with Crippen molar-refractivity contribution in [3.63, 3.8) is 0 Å². The molecule has 0 saturated heterocycles. The Balaban J connectivity index is 1.60. The Kier molecular flexibility index (Phi) is 7.21. The van der Waals surface area contributed by atoms with Gasteiger partial charge in [0.2, 0.25) is 0 Å². The highest BCUT2D eigenvalue weighted by Gasteiger charge is 2.07. The summed E-state index contributed by atoms with van der Waals surface area (Å²) >= 11 is 0. The van der Waals surface area contributed by atoms with Crippen molar-refractivity contribution < 1.29 is 4.79 Å². The van der Waals surface area contributed by atoms with E-state index in [1.165, 1.54) is 0 Å². The number of amides is 1. The number of carbonyl (C=O) groups is 1. The largest absolute Gasteiger partial charge is 0.357 e. The van der Waals surface area contributed by atoms with Gasteiger partial charge >= 0.3 is 0 Å². The number of nitrogens with one attached hydrogen (secondary N) is 2. The van der Waals surface area contributed by atoms with Crippen LogP contribution in [0.15, 0.2) is 72.0 Å². The molecule has 0 fully saturated rings. The maximum atomic E-state index is 12.0. The number of carbonyl (C=O) groups excluding carboxylic acids is 1. The zero-order chi connectivity index (χ0) is 21.3. The summed E-state index contributed by atoms with van der Waals surface area (Å²) in [6, 6.07) is 17.6. The van der Waals surface area contributed by atoms with Crippen LogP contribution in [0, 0.1) is 0 Å². The number of hydrogen-bond donors (Lipinski definition) is 2. The standard InChI is InChI=1S/C23H28N6O/c1-4-24-23(25-14-18-10-12-20(13-11-18)22(30)28(2)3)26-15-19-16-27-29(17-19)21-8-6-5-7-9-21/h5-13,16-17H,4,14-15H2,1-3H3,(H2,24,25,26). The van der Waals surface area contributed by atoms with Gasteiger partial charge in [0.25, 0.3) is 5.91 Å². The minimum Gasteiger partial charge on any atom is -0.357 e. The molecule has 1 heterocycles. The number of nitrogens with zero attached hydrogens (tertiary/aromatic N) is 4. The molecule has 30 heavy (non-hydrogen) atoms. The average Bonchev–Trinajstić information content (AvgIpc) is 3.25. The summed E-state index contributed by atoms with van der Waals surface area (Å²) in [5.41, 5.74) is 3.81. The molecule has 0 aliphatic carbocycles. The van der Waals surface area contributed by atoms with Crippen LogP contribution in [-0.4, -0.2) is 47.2 Å². The predicted molar refractivity (Wildman–Crippen MR) is 120 cm³/mol. The van der Waals surface area contributed by atoms with Crippen LogP contribution < -0.4 is 10.6 Å². The first-order valence-corrected chi connectivity index (χ1v) is 9.98.